The van der Waals surface area contributed by atoms with Crippen LogP contribution < -0.4 is 11.1 Å². The fraction of sp³-hybridized carbons (Fsp3) is 0.586. The Morgan fingerprint density at radius 1 is 1.05 bits per heavy atom. The average Bonchev–Trinajstić information content (AvgIpc) is 2.86. The number of aldehydes is 1. The highest BCUT2D eigenvalue weighted by Crippen LogP contribution is 2.25. The van der Waals surface area contributed by atoms with E-state index in [9.17, 15) is 9.59 Å². The van der Waals surface area contributed by atoms with E-state index in [2.05, 4.69) is 47.5 Å². The number of nitrogens with two attached hydrogens (primary N) is 1. The predicted octanol–water partition coefficient (Wildman–Crippen LogP) is 4.63. The van der Waals surface area contributed by atoms with Gasteiger partial charge in [0.15, 0.2) is 6.29 Å². The van der Waals surface area contributed by atoms with Gasteiger partial charge in [0.25, 0.3) is 0 Å². The molecule has 0 bridgehead atoms. The van der Waals surface area contributed by atoms with E-state index in [4.69, 9.17) is 19.9 Å². The smallest absolute Gasteiger partial charge is 0.407 e. The number of carbonyl (C=O) groups is 2. The van der Waals surface area contributed by atoms with Crippen molar-refractivity contribution in [1.29, 1.82) is 0 Å². The van der Waals surface area contributed by atoms with Gasteiger partial charge in [0.05, 0.1) is 12.1 Å². The lowest BCUT2D eigenvalue weighted by Crippen LogP contribution is -2.53. The predicted molar refractivity (Wildman–Crippen MR) is 147 cm³/mol. The molecule has 37 heavy (non-hydrogen) atoms. The van der Waals surface area contributed by atoms with Crippen LogP contribution in [0.1, 0.15) is 59.9 Å². The molecule has 8 nitrogen and oxygen atoms in total. The summed E-state index contributed by atoms with van der Waals surface area (Å²) in [4.78, 5) is 26.1. The monoisotopic (exact) mass is 515 g/mol. The van der Waals surface area contributed by atoms with Gasteiger partial charge in [-0.3, -0.25) is 4.90 Å². The van der Waals surface area contributed by atoms with Crippen molar-refractivity contribution in [3.05, 3.63) is 48.0 Å². The first-order valence-corrected chi connectivity index (χ1v) is 13.2. The van der Waals surface area contributed by atoms with Crippen LogP contribution in [0.25, 0.3) is 10.8 Å². The zero-order valence-electron chi connectivity index (χ0n) is 23.2. The number of ether oxygens (including phenoxy) is 3. The Morgan fingerprint density at radius 3 is 2.32 bits per heavy atom. The van der Waals surface area contributed by atoms with Crippen molar-refractivity contribution >= 4 is 23.2 Å². The maximum Gasteiger partial charge on any atom is 0.407 e. The third kappa shape index (κ3) is 10.0. The van der Waals surface area contributed by atoms with Crippen LogP contribution in [-0.4, -0.2) is 67.1 Å². The Balaban J connectivity index is 2.44. The number of amides is 1. The van der Waals surface area contributed by atoms with Gasteiger partial charge in [-0.2, -0.15) is 0 Å². The summed E-state index contributed by atoms with van der Waals surface area (Å²) in [7, 11) is 0. The highest BCUT2D eigenvalue weighted by molar-refractivity contribution is 5.85. The van der Waals surface area contributed by atoms with E-state index >= 15 is 0 Å². The van der Waals surface area contributed by atoms with E-state index in [-0.39, 0.29) is 12.1 Å². The largest absolute Gasteiger partial charge is 0.444 e. The molecule has 3 atom stereocenters. The lowest BCUT2D eigenvalue weighted by Gasteiger charge is -2.40. The second kappa shape index (κ2) is 15.0. The minimum absolute atomic E-state index is 0.156. The van der Waals surface area contributed by atoms with Crippen LogP contribution >= 0.6 is 0 Å². The van der Waals surface area contributed by atoms with Crippen LogP contribution in [0, 0.1) is 0 Å². The van der Waals surface area contributed by atoms with Gasteiger partial charge in [0.2, 0.25) is 0 Å². The van der Waals surface area contributed by atoms with Crippen LogP contribution in [0.15, 0.2) is 42.5 Å². The first kappa shape index (κ1) is 30.7. The lowest BCUT2D eigenvalue weighted by molar-refractivity contribution is -0.176. The van der Waals surface area contributed by atoms with Gasteiger partial charge in [-0.05, 0) is 70.7 Å². The number of hydrogen-bond donors (Lipinski definition) is 2. The molecule has 0 aliphatic carbocycles. The molecule has 0 saturated heterocycles. The molecule has 0 aromatic heterocycles. The molecule has 3 N–H and O–H groups in total. The fourth-order valence-corrected chi connectivity index (χ4v) is 4.40. The van der Waals surface area contributed by atoms with Crippen molar-refractivity contribution in [1.82, 2.24) is 10.2 Å². The Morgan fingerprint density at radius 2 is 1.70 bits per heavy atom. The number of nitrogens with zero attached hydrogens (tertiary/aromatic N) is 1. The molecule has 8 heteroatoms. The zero-order chi connectivity index (χ0) is 27.4. The van der Waals surface area contributed by atoms with Gasteiger partial charge in [-0.15, -0.1) is 0 Å². The topological polar surface area (TPSA) is 103 Å². The van der Waals surface area contributed by atoms with Gasteiger partial charge in [0, 0.05) is 32.3 Å². The van der Waals surface area contributed by atoms with E-state index in [1.165, 1.54) is 0 Å². The van der Waals surface area contributed by atoms with Crippen LogP contribution in [0.3, 0.4) is 0 Å². The highest BCUT2D eigenvalue weighted by atomic mass is 16.7. The standard InChI is InChI=1S/C29H45N3O5/c1-7-35-27(36-8-2)21(3)32(19-23-14-11-13-22-12-9-10-15-26(22)23)25(17-16-24(30)20-33)18-31-28(34)37-29(4,5)6/h9-15,20-21,24-25,27H,7-8,16-19,30H2,1-6H3,(H,31,34)/t21-,24?,25-/m0/s1. The quantitative estimate of drug-likeness (QED) is 0.263. The molecule has 2 rings (SSSR count). The molecular weight excluding hydrogens is 470 g/mol. The number of rotatable bonds is 15. The van der Waals surface area contributed by atoms with E-state index < -0.39 is 24.0 Å². The maximum atomic E-state index is 12.5. The summed E-state index contributed by atoms with van der Waals surface area (Å²) in [6.45, 7) is 13.4. The summed E-state index contributed by atoms with van der Waals surface area (Å²) in [6, 6.07) is 13.7. The van der Waals surface area contributed by atoms with E-state index in [0.717, 1.165) is 22.6 Å². The van der Waals surface area contributed by atoms with Gasteiger partial charge in [-0.1, -0.05) is 42.5 Å². The minimum Gasteiger partial charge on any atom is -0.444 e. The van der Waals surface area contributed by atoms with Crippen molar-refractivity contribution < 1.29 is 23.8 Å². The number of fused-ring (bicyclic) bond motifs is 1. The molecular formula is C29H45N3O5. The number of hydrogen-bond acceptors (Lipinski definition) is 7. The Bertz CT molecular complexity index is 966. The first-order chi connectivity index (χ1) is 17.6. The number of benzene rings is 2. The third-order valence-corrected chi connectivity index (χ3v) is 6.17. The molecule has 0 spiro atoms. The van der Waals surface area contributed by atoms with Crippen LogP contribution in [-0.2, 0) is 25.5 Å². The molecule has 2 aromatic rings. The highest BCUT2D eigenvalue weighted by Gasteiger charge is 2.31. The normalized spacial score (nSPS) is 14.5. The first-order valence-electron chi connectivity index (χ1n) is 13.2. The second-order valence-corrected chi connectivity index (χ2v) is 10.2. The van der Waals surface area contributed by atoms with Crippen molar-refractivity contribution in [2.75, 3.05) is 19.8 Å². The molecule has 0 aliphatic rings. The summed E-state index contributed by atoms with van der Waals surface area (Å²) < 4.78 is 17.4. The van der Waals surface area contributed by atoms with E-state index in [1.54, 1.807) is 0 Å². The Labute approximate surface area is 221 Å². The second-order valence-electron chi connectivity index (χ2n) is 10.2. The molecule has 1 amide bonds. The molecule has 0 fully saturated rings. The summed E-state index contributed by atoms with van der Waals surface area (Å²) in [5, 5.41) is 5.25. The molecule has 0 aliphatic heterocycles. The van der Waals surface area contributed by atoms with Gasteiger partial charge < -0.3 is 30.1 Å². The summed E-state index contributed by atoms with van der Waals surface area (Å²) in [6.07, 6.45) is 0.891. The SMILES string of the molecule is CCOC(OCC)[C@H](C)N(Cc1cccc2ccccc12)[C@@H](CCC(N)C=O)CNC(=O)OC(C)(C)C. The average molecular weight is 516 g/mol. The molecule has 0 radical (unpaired) electrons. The number of nitrogens with one attached hydrogen (secondary N) is 1. The summed E-state index contributed by atoms with van der Waals surface area (Å²) >= 11 is 0. The third-order valence-electron chi connectivity index (χ3n) is 6.17. The number of carbonyl (C=O) groups excluding carboxylic acids is 2. The van der Waals surface area contributed by atoms with E-state index in [0.29, 0.717) is 39.1 Å². The van der Waals surface area contributed by atoms with Crippen molar-refractivity contribution in [2.24, 2.45) is 5.73 Å². The summed E-state index contributed by atoms with van der Waals surface area (Å²) in [5.41, 5.74) is 6.52. The van der Waals surface area contributed by atoms with Crippen molar-refractivity contribution in [3.8, 4) is 0 Å². The van der Waals surface area contributed by atoms with Crippen LogP contribution in [0.5, 0.6) is 0 Å². The van der Waals surface area contributed by atoms with Crippen LogP contribution in [0.4, 0.5) is 4.79 Å². The summed E-state index contributed by atoms with van der Waals surface area (Å²) in [5.74, 6) is 0. The maximum absolute atomic E-state index is 12.5. The van der Waals surface area contributed by atoms with Gasteiger partial charge in [-0.25, -0.2) is 4.79 Å². The van der Waals surface area contributed by atoms with Gasteiger partial charge >= 0.3 is 6.09 Å². The number of alkyl carbamates (subject to hydrolysis) is 1. The fourth-order valence-electron chi connectivity index (χ4n) is 4.40. The lowest BCUT2D eigenvalue weighted by atomic mass is 10.00. The zero-order valence-corrected chi connectivity index (χ0v) is 23.2. The van der Waals surface area contributed by atoms with Crippen LogP contribution in [0.2, 0.25) is 0 Å². The molecule has 0 heterocycles. The Hall–Kier alpha value is -2.52. The van der Waals surface area contributed by atoms with Gasteiger partial charge in [0.1, 0.15) is 11.9 Å². The van der Waals surface area contributed by atoms with Crippen molar-refractivity contribution in [2.45, 2.75) is 90.9 Å². The van der Waals surface area contributed by atoms with E-state index in [1.807, 2.05) is 46.8 Å². The molecule has 2 aromatic carbocycles. The molecule has 1 unspecified atom stereocenters. The Kier molecular flexibility index (Phi) is 12.5. The molecule has 0 saturated carbocycles. The minimum atomic E-state index is -0.607. The molecule has 206 valence electrons. The van der Waals surface area contributed by atoms with Crippen molar-refractivity contribution in [3.63, 3.8) is 0 Å².